The normalized spacial score (nSPS) is 16.2. The molecular formula is C9H18N2O4S. The Bertz CT molecular complexity index is 248. The maximum absolute atomic E-state index is 11.4. The zero-order valence-corrected chi connectivity index (χ0v) is 10.3. The average Bonchev–Trinajstić information content (AvgIpc) is 2.21. The molecule has 7 heteroatoms. The number of carbonyl (C=O) groups excluding carboxylic acids is 2. The molecule has 0 aliphatic carbocycles. The fraction of sp³-hybridized carbons (Fsp3) is 0.778. The molecule has 6 nitrogen and oxygen atoms in total. The standard InChI is InChI=1S/C9H18N2O4S/c1-5(12)7(10)8(13)11-6(9(14)15)3-4-16-2/h5-7,12H,3-4,10H2,1-2H3,(H,11,13)(H,14,15)/t5-,6+,7+/m1/s1. The van der Waals surface area contributed by atoms with Crippen molar-refractivity contribution >= 4 is 23.6 Å². The summed E-state index contributed by atoms with van der Waals surface area (Å²) in [7, 11) is 0. The van der Waals surface area contributed by atoms with E-state index < -0.39 is 30.1 Å². The smallest absolute Gasteiger partial charge is 0.281 e. The summed E-state index contributed by atoms with van der Waals surface area (Å²) >= 11 is 1.48. The number of aliphatic hydroxyl groups excluding tert-OH is 1. The number of hydrogen-bond donors (Lipinski definition) is 3. The summed E-state index contributed by atoms with van der Waals surface area (Å²) in [6, 6.07) is -1.90. The van der Waals surface area contributed by atoms with Gasteiger partial charge in [-0.1, -0.05) is 0 Å². The second-order valence-electron chi connectivity index (χ2n) is 3.51. The topological polar surface area (TPSA) is 117 Å². The molecule has 0 saturated heterocycles. The maximum Gasteiger partial charge on any atom is 0.281 e. The number of aliphatic hydroxyl groups is 1. The second kappa shape index (κ2) is 7.48. The number of nitrogens with one attached hydrogen (secondary N) is 1. The number of carboxylic acids is 1. The molecule has 0 spiro atoms. The number of quaternary nitrogens is 1. The molecule has 0 bridgehead atoms. The van der Waals surface area contributed by atoms with Gasteiger partial charge in [0.2, 0.25) is 0 Å². The van der Waals surface area contributed by atoms with Gasteiger partial charge in [-0.15, -0.1) is 0 Å². The number of rotatable bonds is 7. The molecule has 0 aliphatic heterocycles. The Morgan fingerprint density at radius 2 is 2.12 bits per heavy atom. The van der Waals surface area contributed by atoms with Gasteiger partial charge >= 0.3 is 0 Å². The Kier molecular flexibility index (Phi) is 7.11. The van der Waals surface area contributed by atoms with Crippen LogP contribution in [-0.4, -0.2) is 47.2 Å². The minimum Gasteiger partial charge on any atom is -0.548 e. The first kappa shape index (κ1) is 15.2. The highest BCUT2D eigenvalue weighted by molar-refractivity contribution is 7.98. The van der Waals surface area contributed by atoms with E-state index in [9.17, 15) is 14.7 Å². The number of aliphatic carboxylic acids is 1. The van der Waals surface area contributed by atoms with Crippen LogP contribution in [-0.2, 0) is 9.59 Å². The van der Waals surface area contributed by atoms with Crippen LogP contribution >= 0.6 is 11.8 Å². The van der Waals surface area contributed by atoms with Crippen molar-refractivity contribution in [1.29, 1.82) is 0 Å². The lowest BCUT2D eigenvalue weighted by Gasteiger charge is -2.21. The maximum atomic E-state index is 11.4. The third-order valence-corrected chi connectivity index (χ3v) is 2.77. The predicted octanol–water partition coefficient (Wildman–Crippen LogP) is -3.03. The van der Waals surface area contributed by atoms with Crippen molar-refractivity contribution in [3.63, 3.8) is 0 Å². The molecule has 3 atom stereocenters. The molecule has 1 amide bonds. The quantitative estimate of drug-likeness (QED) is 0.444. The minimum atomic E-state index is -1.32. The highest BCUT2D eigenvalue weighted by atomic mass is 32.2. The van der Waals surface area contributed by atoms with E-state index >= 15 is 0 Å². The number of amides is 1. The number of thioether (sulfide) groups is 1. The molecule has 0 aromatic heterocycles. The molecule has 0 saturated carbocycles. The van der Waals surface area contributed by atoms with Gasteiger partial charge in [-0.05, 0) is 25.4 Å². The molecule has 94 valence electrons. The van der Waals surface area contributed by atoms with Crippen molar-refractivity contribution in [1.82, 2.24) is 5.32 Å². The van der Waals surface area contributed by atoms with Crippen LogP contribution in [0.1, 0.15) is 13.3 Å². The van der Waals surface area contributed by atoms with Crippen molar-refractivity contribution < 1.29 is 25.5 Å². The zero-order chi connectivity index (χ0) is 12.7. The zero-order valence-electron chi connectivity index (χ0n) is 9.43. The third-order valence-electron chi connectivity index (χ3n) is 2.13. The van der Waals surface area contributed by atoms with Gasteiger partial charge in [0.15, 0.2) is 6.04 Å². The second-order valence-corrected chi connectivity index (χ2v) is 4.49. The van der Waals surface area contributed by atoms with E-state index in [2.05, 4.69) is 11.1 Å². The van der Waals surface area contributed by atoms with Crippen molar-refractivity contribution in [2.24, 2.45) is 0 Å². The van der Waals surface area contributed by atoms with E-state index in [0.717, 1.165) is 0 Å². The Morgan fingerprint density at radius 1 is 1.56 bits per heavy atom. The van der Waals surface area contributed by atoms with Gasteiger partial charge in [0.05, 0.1) is 12.0 Å². The molecule has 5 N–H and O–H groups in total. The summed E-state index contributed by atoms with van der Waals surface area (Å²) in [5.74, 6) is -1.29. The van der Waals surface area contributed by atoms with E-state index in [1.807, 2.05) is 6.26 Å². The SMILES string of the molecule is CSCC[C@H](NC(=O)[C@@H]([NH3+])[C@@H](C)O)C(=O)[O-]. The molecule has 0 heterocycles. The lowest BCUT2D eigenvalue weighted by Crippen LogP contribution is -2.73. The summed E-state index contributed by atoms with van der Waals surface area (Å²) in [6.07, 6.45) is 1.22. The van der Waals surface area contributed by atoms with Gasteiger partial charge in [-0.25, -0.2) is 0 Å². The number of hydrogen-bond acceptors (Lipinski definition) is 5. The van der Waals surface area contributed by atoms with Gasteiger partial charge in [0.25, 0.3) is 5.91 Å². The van der Waals surface area contributed by atoms with E-state index in [1.54, 1.807) is 0 Å². The predicted molar refractivity (Wildman–Crippen MR) is 58.3 cm³/mol. The van der Waals surface area contributed by atoms with Gasteiger partial charge in [-0.3, -0.25) is 4.79 Å². The lowest BCUT2D eigenvalue weighted by molar-refractivity contribution is -0.419. The fourth-order valence-electron chi connectivity index (χ4n) is 0.982. The monoisotopic (exact) mass is 250 g/mol. The van der Waals surface area contributed by atoms with Gasteiger partial charge in [-0.2, -0.15) is 11.8 Å². The third kappa shape index (κ3) is 5.34. The summed E-state index contributed by atoms with van der Waals surface area (Å²) in [6.45, 7) is 1.42. The molecule has 0 rings (SSSR count). The molecular weight excluding hydrogens is 232 g/mol. The lowest BCUT2D eigenvalue weighted by atomic mass is 10.1. The first-order valence-electron chi connectivity index (χ1n) is 4.91. The first-order valence-corrected chi connectivity index (χ1v) is 6.30. The summed E-state index contributed by atoms with van der Waals surface area (Å²) in [5.41, 5.74) is 3.45. The highest BCUT2D eigenvalue weighted by Crippen LogP contribution is 2.00. The van der Waals surface area contributed by atoms with Gasteiger partial charge < -0.3 is 26.1 Å². The number of carboxylic acid groups (broad SMARTS) is 1. The Hall–Kier alpha value is -0.790. The summed E-state index contributed by atoms with van der Waals surface area (Å²) in [5, 5.41) is 22.1. The van der Waals surface area contributed by atoms with Crippen molar-refractivity contribution in [3.05, 3.63) is 0 Å². The number of carbonyl (C=O) groups is 2. The van der Waals surface area contributed by atoms with Crippen molar-refractivity contribution in [2.75, 3.05) is 12.0 Å². The fourth-order valence-corrected chi connectivity index (χ4v) is 1.45. The van der Waals surface area contributed by atoms with Gasteiger partial charge in [0, 0.05) is 0 Å². The van der Waals surface area contributed by atoms with Crippen LogP contribution in [0.3, 0.4) is 0 Å². The molecule has 0 unspecified atom stereocenters. The van der Waals surface area contributed by atoms with Crippen LogP contribution in [0.4, 0.5) is 0 Å². The molecule has 0 aromatic rings. The van der Waals surface area contributed by atoms with Crippen LogP contribution in [0.15, 0.2) is 0 Å². The minimum absolute atomic E-state index is 0.293. The molecule has 0 aromatic carbocycles. The van der Waals surface area contributed by atoms with Gasteiger partial charge in [0.1, 0.15) is 6.10 Å². The Morgan fingerprint density at radius 3 is 2.50 bits per heavy atom. The largest absolute Gasteiger partial charge is 0.548 e. The van der Waals surface area contributed by atoms with E-state index in [0.29, 0.717) is 12.2 Å². The van der Waals surface area contributed by atoms with Crippen LogP contribution in [0.2, 0.25) is 0 Å². The first-order chi connectivity index (χ1) is 7.40. The van der Waals surface area contributed by atoms with E-state index in [4.69, 9.17) is 5.11 Å². The van der Waals surface area contributed by atoms with Crippen molar-refractivity contribution in [2.45, 2.75) is 31.5 Å². The van der Waals surface area contributed by atoms with Crippen LogP contribution < -0.4 is 16.2 Å². The molecule has 0 aliphatic rings. The molecule has 0 fully saturated rings. The average molecular weight is 250 g/mol. The highest BCUT2D eigenvalue weighted by Gasteiger charge is 2.25. The van der Waals surface area contributed by atoms with Crippen molar-refractivity contribution in [3.8, 4) is 0 Å². The Labute approximate surface area is 98.6 Å². The summed E-state index contributed by atoms with van der Waals surface area (Å²) < 4.78 is 0. The Balaban J connectivity index is 4.28. The van der Waals surface area contributed by atoms with Crippen LogP contribution in [0.25, 0.3) is 0 Å². The van der Waals surface area contributed by atoms with E-state index in [1.165, 1.54) is 18.7 Å². The van der Waals surface area contributed by atoms with E-state index in [-0.39, 0.29) is 0 Å². The summed E-state index contributed by atoms with van der Waals surface area (Å²) in [4.78, 5) is 22.1. The van der Waals surface area contributed by atoms with Crippen LogP contribution in [0.5, 0.6) is 0 Å². The molecule has 0 radical (unpaired) electrons. The molecule has 16 heavy (non-hydrogen) atoms. The van der Waals surface area contributed by atoms with Crippen LogP contribution in [0, 0.1) is 0 Å².